The molecule has 1 heterocycles. The highest BCUT2D eigenvalue weighted by molar-refractivity contribution is 6.30. The Kier molecular flexibility index (Phi) is 3.84. The van der Waals surface area contributed by atoms with E-state index in [1.165, 1.54) is 6.07 Å². The summed E-state index contributed by atoms with van der Waals surface area (Å²) in [4.78, 5) is 0. The molecule has 0 atom stereocenters. The number of fused-ring (bicyclic) bond motifs is 1. The maximum atomic E-state index is 14.0. The van der Waals surface area contributed by atoms with Gasteiger partial charge in [-0.15, -0.1) is 0 Å². The predicted octanol–water partition coefficient (Wildman–Crippen LogP) is 5.03. The van der Waals surface area contributed by atoms with Gasteiger partial charge in [-0.25, -0.2) is 4.39 Å². The highest BCUT2D eigenvalue weighted by Crippen LogP contribution is 2.25. The Balaban J connectivity index is 1.90. The molecule has 0 aliphatic carbocycles. The van der Waals surface area contributed by atoms with Crippen molar-refractivity contribution in [2.24, 2.45) is 0 Å². The largest absolute Gasteiger partial charge is 0.489 e. The standard InChI is InChI=1S/C17H15ClFNO/c1-2-20-10-12(15-4-3-5-16(19)17(15)20)11-21-14-8-6-13(18)7-9-14/h3-10H,2,11H2,1H3. The van der Waals surface area contributed by atoms with Crippen LogP contribution < -0.4 is 4.74 Å². The second kappa shape index (κ2) is 5.78. The summed E-state index contributed by atoms with van der Waals surface area (Å²) < 4.78 is 21.6. The summed E-state index contributed by atoms with van der Waals surface area (Å²) in [6.07, 6.45) is 1.95. The van der Waals surface area contributed by atoms with Crippen LogP contribution in [-0.2, 0) is 13.2 Å². The number of nitrogens with zero attached hydrogens (tertiary/aromatic N) is 1. The molecule has 0 aliphatic heterocycles. The van der Waals surface area contributed by atoms with E-state index in [-0.39, 0.29) is 5.82 Å². The number of aromatic nitrogens is 1. The van der Waals surface area contributed by atoms with Gasteiger partial charge in [-0.1, -0.05) is 23.7 Å². The minimum atomic E-state index is -0.202. The van der Waals surface area contributed by atoms with Crippen LogP contribution in [0, 0.1) is 5.82 Å². The van der Waals surface area contributed by atoms with Crippen molar-refractivity contribution in [3.63, 3.8) is 0 Å². The van der Waals surface area contributed by atoms with Gasteiger partial charge in [0, 0.05) is 28.7 Å². The molecule has 3 rings (SSSR count). The molecule has 2 nitrogen and oxygen atoms in total. The molecule has 0 aliphatic rings. The third-order valence-electron chi connectivity index (χ3n) is 3.48. The molecule has 108 valence electrons. The second-order valence-electron chi connectivity index (χ2n) is 4.82. The molecule has 0 fully saturated rings. The topological polar surface area (TPSA) is 14.2 Å². The maximum absolute atomic E-state index is 14.0. The lowest BCUT2D eigenvalue weighted by Crippen LogP contribution is -1.95. The normalized spacial score (nSPS) is 11.0. The first-order valence-electron chi connectivity index (χ1n) is 6.83. The third kappa shape index (κ3) is 2.74. The summed E-state index contributed by atoms with van der Waals surface area (Å²) in [5.74, 6) is 0.542. The molecule has 2 aromatic carbocycles. The van der Waals surface area contributed by atoms with Crippen molar-refractivity contribution in [3.05, 3.63) is 65.1 Å². The lowest BCUT2D eigenvalue weighted by atomic mass is 10.2. The second-order valence-corrected chi connectivity index (χ2v) is 5.26. The lowest BCUT2D eigenvalue weighted by Gasteiger charge is -2.05. The van der Waals surface area contributed by atoms with Crippen LogP contribution in [0.15, 0.2) is 48.7 Å². The third-order valence-corrected chi connectivity index (χ3v) is 3.73. The zero-order chi connectivity index (χ0) is 14.8. The van der Waals surface area contributed by atoms with Crippen molar-refractivity contribution in [2.75, 3.05) is 0 Å². The van der Waals surface area contributed by atoms with E-state index in [4.69, 9.17) is 16.3 Å². The number of benzene rings is 2. The fourth-order valence-electron chi connectivity index (χ4n) is 2.44. The first kappa shape index (κ1) is 14.0. The monoisotopic (exact) mass is 303 g/mol. The minimum absolute atomic E-state index is 0.202. The molecule has 0 bridgehead atoms. The van der Waals surface area contributed by atoms with Gasteiger partial charge in [-0.05, 0) is 37.3 Å². The maximum Gasteiger partial charge on any atom is 0.147 e. The van der Waals surface area contributed by atoms with Gasteiger partial charge < -0.3 is 9.30 Å². The van der Waals surface area contributed by atoms with Crippen molar-refractivity contribution in [1.29, 1.82) is 0 Å². The highest BCUT2D eigenvalue weighted by atomic mass is 35.5. The van der Waals surface area contributed by atoms with E-state index in [2.05, 4.69) is 0 Å². The zero-order valence-electron chi connectivity index (χ0n) is 11.6. The van der Waals surface area contributed by atoms with E-state index in [0.29, 0.717) is 17.1 Å². The molecule has 21 heavy (non-hydrogen) atoms. The molecular formula is C17H15ClFNO. The van der Waals surface area contributed by atoms with Gasteiger partial charge in [0.05, 0.1) is 5.52 Å². The summed E-state index contributed by atoms with van der Waals surface area (Å²) in [5, 5.41) is 1.57. The van der Waals surface area contributed by atoms with Crippen molar-refractivity contribution in [3.8, 4) is 5.75 Å². The van der Waals surface area contributed by atoms with Crippen molar-refractivity contribution in [2.45, 2.75) is 20.1 Å². The fraction of sp³-hybridized carbons (Fsp3) is 0.176. The molecule has 3 aromatic rings. The molecule has 1 aromatic heterocycles. The summed E-state index contributed by atoms with van der Waals surface area (Å²) in [6, 6.07) is 12.3. The molecule has 0 saturated carbocycles. The number of hydrogen-bond acceptors (Lipinski definition) is 1. The predicted molar refractivity (Wildman–Crippen MR) is 83.4 cm³/mol. The van der Waals surface area contributed by atoms with Crippen LogP contribution in [0.3, 0.4) is 0 Å². The van der Waals surface area contributed by atoms with Crippen molar-refractivity contribution < 1.29 is 9.13 Å². The van der Waals surface area contributed by atoms with E-state index in [0.717, 1.165) is 23.2 Å². The molecule has 0 saturated heterocycles. The van der Waals surface area contributed by atoms with Crippen molar-refractivity contribution in [1.82, 2.24) is 4.57 Å². The van der Waals surface area contributed by atoms with Crippen LogP contribution in [-0.4, -0.2) is 4.57 Å². The van der Waals surface area contributed by atoms with Gasteiger partial charge in [0.2, 0.25) is 0 Å². The highest BCUT2D eigenvalue weighted by Gasteiger charge is 2.11. The molecule has 0 N–H and O–H groups in total. The fourth-order valence-corrected chi connectivity index (χ4v) is 2.57. The van der Waals surface area contributed by atoms with E-state index in [1.807, 2.05) is 35.9 Å². The van der Waals surface area contributed by atoms with Crippen molar-refractivity contribution >= 4 is 22.5 Å². The Morgan fingerprint density at radius 1 is 1.14 bits per heavy atom. The SMILES string of the molecule is CCn1cc(COc2ccc(Cl)cc2)c2cccc(F)c21. The molecule has 4 heteroatoms. The van der Waals surface area contributed by atoms with Gasteiger partial charge in [0.15, 0.2) is 0 Å². The number of halogens is 2. The number of para-hydroxylation sites is 1. The lowest BCUT2D eigenvalue weighted by molar-refractivity contribution is 0.307. The van der Waals surface area contributed by atoms with Crippen LogP contribution in [0.25, 0.3) is 10.9 Å². The molecule has 0 unspecified atom stereocenters. The Hall–Kier alpha value is -2.00. The molecule has 0 amide bonds. The Morgan fingerprint density at radius 2 is 1.90 bits per heavy atom. The Morgan fingerprint density at radius 3 is 2.62 bits per heavy atom. The van der Waals surface area contributed by atoms with Crippen LogP contribution in [0.1, 0.15) is 12.5 Å². The van der Waals surface area contributed by atoms with E-state index in [1.54, 1.807) is 18.2 Å². The van der Waals surface area contributed by atoms with Crippen LogP contribution in [0.5, 0.6) is 5.75 Å². The van der Waals surface area contributed by atoms with Crippen LogP contribution in [0.2, 0.25) is 5.02 Å². The van der Waals surface area contributed by atoms with Crippen LogP contribution >= 0.6 is 11.6 Å². The first-order chi connectivity index (χ1) is 10.2. The molecule has 0 spiro atoms. The van der Waals surface area contributed by atoms with E-state index >= 15 is 0 Å². The van der Waals surface area contributed by atoms with Gasteiger partial charge in [0.25, 0.3) is 0 Å². The van der Waals surface area contributed by atoms with E-state index < -0.39 is 0 Å². The Labute approximate surface area is 127 Å². The minimum Gasteiger partial charge on any atom is -0.489 e. The Bertz CT molecular complexity index is 764. The quantitative estimate of drug-likeness (QED) is 0.659. The molecule has 0 radical (unpaired) electrons. The van der Waals surface area contributed by atoms with E-state index in [9.17, 15) is 4.39 Å². The summed E-state index contributed by atoms with van der Waals surface area (Å²) in [6.45, 7) is 3.11. The van der Waals surface area contributed by atoms with Gasteiger partial charge in [-0.2, -0.15) is 0 Å². The first-order valence-corrected chi connectivity index (χ1v) is 7.21. The smallest absolute Gasteiger partial charge is 0.147 e. The van der Waals surface area contributed by atoms with Gasteiger partial charge >= 0.3 is 0 Å². The summed E-state index contributed by atoms with van der Waals surface area (Å²) in [5.41, 5.74) is 1.61. The molecular weight excluding hydrogens is 289 g/mol. The van der Waals surface area contributed by atoms with Crippen LogP contribution in [0.4, 0.5) is 4.39 Å². The number of hydrogen-bond donors (Lipinski definition) is 0. The number of aryl methyl sites for hydroxylation is 1. The average Bonchev–Trinajstić information content (AvgIpc) is 2.86. The summed E-state index contributed by atoms with van der Waals surface area (Å²) in [7, 11) is 0. The summed E-state index contributed by atoms with van der Waals surface area (Å²) >= 11 is 5.85. The number of rotatable bonds is 4. The van der Waals surface area contributed by atoms with Gasteiger partial charge in [0.1, 0.15) is 18.2 Å². The number of ether oxygens (including phenoxy) is 1. The zero-order valence-corrected chi connectivity index (χ0v) is 12.4. The van der Waals surface area contributed by atoms with Gasteiger partial charge in [-0.3, -0.25) is 0 Å². The average molecular weight is 304 g/mol.